The molecule has 3 aliphatic rings. The van der Waals surface area contributed by atoms with Crippen molar-refractivity contribution in [3.8, 4) is 0 Å². The number of anilines is 1. The second kappa shape index (κ2) is 6.61. The van der Waals surface area contributed by atoms with Gasteiger partial charge in [0.25, 0.3) is 0 Å². The lowest BCUT2D eigenvalue weighted by Gasteiger charge is -2.37. The Kier molecular flexibility index (Phi) is 4.11. The highest BCUT2D eigenvalue weighted by Gasteiger charge is 2.31. The van der Waals surface area contributed by atoms with Gasteiger partial charge in [0.1, 0.15) is 11.6 Å². The second-order valence-corrected chi connectivity index (χ2v) is 8.00. The zero-order valence-electron chi connectivity index (χ0n) is 15.3. The molecule has 0 bridgehead atoms. The van der Waals surface area contributed by atoms with Crippen molar-refractivity contribution in [2.45, 2.75) is 62.9 Å². The average Bonchev–Trinajstić information content (AvgIpc) is 3.60. The molecular formula is C19H26N6O. The van der Waals surface area contributed by atoms with E-state index in [2.05, 4.69) is 32.0 Å². The summed E-state index contributed by atoms with van der Waals surface area (Å²) < 4.78 is 5.84. The van der Waals surface area contributed by atoms with Crippen LogP contribution in [-0.2, 0) is 6.54 Å². The molecule has 0 radical (unpaired) electrons. The van der Waals surface area contributed by atoms with Crippen LogP contribution in [0.1, 0.15) is 68.0 Å². The molecule has 1 unspecified atom stereocenters. The Morgan fingerprint density at radius 3 is 2.81 bits per heavy atom. The Morgan fingerprint density at radius 1 is 1.15 bits per heavy atom. The molecule has 2 aliphatic carbocycles. The molecule has 0 aromatic carbocycles. The van der Waals surface area contributed by atoms with Gasteiger partial charge in [-0.2, -0.15) is 0 Å². The van der Waals surface area contributed by atoms with E-state index in [4.69, 9.17) is 9.40 Å². The van der Waals surface area contributed by atoms with Gasteiger partial charge < -0.3 is 9.32 Å². The molecule has 1 atom stereocenters. The summed E-state index contributed by atoms with van der Waals surface area (Å²) >= 11 is 0. The lowest BCUT2D eigenvalue weighted by Crippen LogP contribution is -2.46. The Balaban J connectivity index is 1.23. The number of likely N-dealkylation sites (N-methyl/N-ethyl adjacent to an activating group) is 1. The molecule has 2 saturated carbocycles. The molecule has 138 valence electrons. The van der Waals surface area contributed by atoms with Crippen LogP contribution in [0.4, 0.5) is 5.82 Å². The number of nitrogens with zero attached hydrogens (tertiary/aromatic N) is 6. The van der Waals surface area contributed by atoms with Crippen LogP contribution in [0.5, 0.6) is 0 Å². The van der Waals surface area contributed by atoms with Gasteiger partial charge in [-0.25, -0.2) is 9.97 Å². The van der Waals surface area contributed by atoms with E-state index in [-0.39, 0.29) is 0 Å². The second-order valence-electron chi connectivity index (χ2n) is 8.00. The van der Waals surface area contributed by atoms with Crippen molar-refractivity contribution in [2.24, 2.45) is 0 Å². The fourth-order valence-corrected chi connectivity index (χ4v) is 3.79. The minimum Gasteiger partial charge on any atom is -0.424 e. The number of hydrogen-bond donors (Lipinski definition) is 0. The summed E-state index contributed by atoms with van der Waals surface area (Å²) in [6, 6.07) is 2.49. The normalized spacial score (nSPS) is 24.0. The van der Waals surface area contributed by atoms with E-state index in [1.54, 1.807) is 0 Å². The van der Waals surface area contributed by atoms with E-state index < -0.39 is 0 Å². The minimum absolute atomic E-state index is 0.455. The molecular weight excluding hydrogens is 328 g/mol. The van der Waals surface area contributed by atoms with Crippen LogP contribution in [0.3, 0.4) is 0 Å². The SMILES string of the molecule is CN(c1ccnc(C2CC2)n1)C1CCCN(Cc2nnc(C3CC3)o2)C1. The first-order chi connectivity index (χ1) is 12.8. The van der Waals surface area contributed by atoms with Crippen molar-refractivity contribution in [2.75, 3.05) is 25.0 Å². The molecule has 3 fully saturated rings. The number of likely N-dealkylation sites (tertiary alicyclic amines) is 1. The van der Waals surface area contributed by atoms with E-state index in [0.29, 0.717) is 17.9 Å². The molecule has 7 nitrogen and oxygen atoms in total. The Hall–Kier alpha value is -2.02. The number of piperidine rings is 1. The van der Waals surface area contributed by atoms with Gasteiger partial charge in [-0.15, -0.1) is 10.2 Å². The van der Waals surface area contributed by atoms with Crippen molar-refractivity contribution in [1.29, 1.82) is 0 Å². The Morgan fingerprint density at radius 2 is 2.00 bits per heavy atom. The lowest BCUT2D eigenvalue weighted by molar-refractivity contribution is 0.181. The van der Waals surface area contributed by atoms with Crippen LogP contribution in [0, 0.1) is 0 Å². The zero-order valence-corrected chi connectivity index (χ0v) is 15.3. The predicted molar refractivity (Wildman–Crippen MR) is 97.0 cm³/mol. The highest BCUT2D eigenvalue weighted by molar-refractivity contribution is 5.38. The van der Waals surface area contributed by atoms with Crippen molar-refractivity contribution in [3.63, 3.8) is 0 Å². The summed E-state index contributed by atoms with van der Waals surface area (Å²) in [7, 11) is 2.16. The molecule has 0 N–H and O–H groups in total. The van der Waals surface area contributed by atoms with Gasteiger partial charge in [0.2, 0.25) is 11.8 Å². The van der Waals surface area contributed by atoms with Gasteiger partial charge >= 0.3 is 0 Å². The van der Waals surface area contributed by atoms with Crippen molar-refractivity contribution < 1.29 is 4.42 Å². The quantitative estimate of drug-likeness (QED) is 0.790. The van der Waals surface area contributed by atoms with Gasteiger partial charge in [0.15, 0.2) is 0 Å². The first kappa shape index (κ1) is 16.2. The average molecular weight is 354 g/mol. The largest absolute Gasteiger partial charge is 0.424 e. The molecule has 7 heteroatoms. The van der Waals surface area contributed by atoms with Gasteiger partial charge in [-0.05, 0) is 51.1 Å². The first-order valence-electron chi connectivity index (χ1n) is 9.86. The summed E-state index contributed by atoms with van der Waals surface area (Å²) in [6.45, 7) is 2.84. The molecule has 26 heavy (non-hydrogen) atoms. The fraction of sp³-hybridized carbons (Fsp3) is 0.684. The van der Waals surface area contributed by atoms with Crippen LogP contribution in [0.25, 0.3) is 0 Å². The first-order valence-corrected chi connectivity index (χ1v) is 9.86. The van der Waals surface area contributed by atoms with Crippen LogP contribution < -0.4 is 4.90 Å². The van der Waals surface area contributed by atoms with Gasteiger partial charge in [-0.1, -0.05) is 0 Å². The zero-order chi connectivity index (χ0) is 17.5. The van der Waals surface area contributed by atoms with E-state index in [1.165, 1.54) is 38.5 Å². The van der Waals surface area contributed by atoms with Crippen LogP contribution in [0.2, 0.25) is 0 Å². The maximum Gasteiger partial charge on any atom is 0.230 e. The van der Waals surface area contributed by atoms with Gasteiger partial charge in [0, 0.05) is 37.7 Å². The Bertz CT molecular complexity index is 769. The number of aromatic nitrogens is 4. The third kappa shape index (κ3) is 3.45. The van der Waals surface area contributed by atoms with Crippen LogP contribution in [-0.4, -0.2) is 51.2 Å². The molecule has 1 saturated heterocycles. The van der Waals surface area contributed by atoms with Gasteiger partial charge in [0.05, 0.1) is 6.54 Å². The molecule has 2 aromatic heterocycles. The summed E-state index contributed by atoms with van der Waals surface area (Å²) in [4.78, 5) is 14.0. The number of hydrogen-bond acceptors (Lipinski definition) is 7. The standard InChI is InChI=1S/C19H26N6O/c1-24(16-8-9-20-18(21-16)13-4-5-13)15-3-2-10-25(11-15)12-17-22-23-19(26-17)14-6-7-14/h8-9,13-15H,2-7,10-12H2,1H3. The molecule has 2 aromatic rings. The minimum atomic E-state index is 0.455. The van der Waals surface area contributed by atoms with Crippen LogP contribution in [0.15, 0.2) is 16.7 Å². The molecule has 3 heterocycles. The smallest absolute Gasteiger partial charge is 0.230 e. The topological polar surface area (TPSA) is 71.2 Å². The molecule has 5 rings (SSSR count). The third-order valence-electron chi connectivity index (χ3n) is 5.76. The third-order valence-corrected chi connectivity index (χ3v) is 5.76. The summed E-state index contributed by atoms with van der Waals surface area (Å²) in [5, 5.41) is 8.45. The van der Waals surface area contributed by atoms with Gasteiger partial charge in [-0.3, -0.25) is 4.90 Å². The highest BCUT2D eigenvalue weighted by atomic mass is 16.4. The van der Waals surface area contributed by atoms with E-state index in [0.717, 1.165) is 43.1 Å². The monoisotopic (exact) mass is 354 g/mol. The summed E-state index contributed by atoms with van der Waals surface area (Å²) in [5.74, 6) is 4.76. The number of rotatable bonds is 6. The summed E-state index contributed by atoms with van der Waals surface area (Å²) in [6.07, 6.45) is 9.13. The Labute approximate surface area is 153 Å². The molecule has 1 aliphatic heterocycles. The van der Waals surface area contributed by atoms with Crippen molar-refractivity contribution in [3.05, 3.63) is 29.9 Å². The molecule has 0 amide bonds. The maximum absolute atomic E-state index is 5.84. The fourth-order valence-electron chi connectivity index (χ4n) is 3.79. The van der Waals surface area contributed by atoms with E-state index in [9.17, 15) is 0 Å². The van der Waals surface area contributed by atoms with E-state index >= 15 is 0 Å². The molecule has 0 spiro atoms. The van der Waals surface area contributed by atoms with Crippen molar-refractivity contribution in [1.82, 2.24) is 25.1 Å². The van der Waals surface area contributed by atoms with Crippen molar-refractivity contribution >= 4 is 5.82 Å². The maximum atomic E-state index is 5.84. The summed E-state index contributed by atoms with van der Waals surface area (Å²) in [5.41, 5.74) is 0. The lowest BCUT2D eigenvalue weighted by atomic mass is 10.0. The van der Waals surface area contributed by atoms with E-state index in [1.807, 2.05) is 12.3 Å². The predicted octanol–water partition coefficient (Wildman–Crippen LogP) is 2.72. The van der Waals surface area contributed by atoms with Crippen LogP contribution >= 0.6 is 0 Å². The highest BCUT2D eigenvalue weighted by Crippen LogP contribution is 2.39.